The number of fused-ring (bicyclic) bond motifs is 1. The molecular weight excluding hydrogens is 419 g/mol. The quantitative estimate of drug-likeness (QED) is 0.590. The minimum Gasteiger partial charge on any atom is -0.348 e. The molecule has 2 heterocycles. The molecule has 1 aliphatic rings. The standard InChI is InChI=1S/C26H29FN4O2/c1-2-14-30(26(33)28-18-20-7-4-3-5-8-20)19-24(32)31-17-16-29-15-6-9-23(29)25(31)21-10-12-22(27)13-11-21/h3-13,15,25H,2,14,16-19H2,1H3,(H,28,33). The molecule has 172 valence electrons. The highest BCUT2D eigenvalue weighted by atomic mass is 19.1. The van der Waals surface area contributed by atoms with Crippen molar-refractivity contribution >= 4 is 11.9 Å². The number of nitrogens with one attached hydrogen (secondary N) is 1. The minimum absolute atomic E-state index is 0.00708. The molecule has 3 amide bonds. The summed E-state index contributed by atoms with van der Waals surface area (Å²) >= 11 is 0. The molecule has 6 nitrogen and oxygen atoms in total. The van der Waals surface area contributed by atoms with Gasteiger partial charge in [0, 0.05) is 38.1 Å². The summed E-state index contributed by atoms with van der Waals surface area (Å²) in [6.07, 6.45) is 2.74. The number of carbonyl (C=O) groups is 2. The van der Waals surface area contributed by atoms with Gasteiger partial charge in [-0.25, -0.2) is 9.18 Å². The van der Waals surface area contributed by atoms with Crippen molar-refractivity contribution in [3.8, 4) is 0 Å². The van der Waals surface area contributed by atoms with Gasteiger partial charge >= 0.3 is 6.03 Å². The molecule has 0 fully saturated rings. The Morgan fingerprint density at radius 3 is 2.52 bits per heavy atom. The summed E-state index contributed by atoms with van der Waals surface area (Å²) < 4.78 is 15.7. The third-order valence-corrected chi connectivity index (χ3v) is 5.94. The molecule has 3 aromatic rings. The molecule has 0 aliphatic carbocycles. The van der Waals surface area contributed by atoms with Crippen molar-refractivity contribution in [3.63, 3.8) is 0 Å². The molecule has 4 rings (SSSR count). The lowest BCUT2D eigenvalue weighted by Gasteiger charge is -2.38. The fourth-order valence-electron chi connectivity index (χ4n) is 4.31. The SMILES string of the molecule is CCCN(CC(=O)N1CCn2cccc2C1c1ccc(F)cc1)C(=O)NCc1ccccc1. The van der Waals surface area contributed by atoms with Gasteiger partial charge in [0.05, 0.1) is 6.04 Å². The first-order chi connectivity index (χ1) is 16.1. The summed E-state index contributed by atoms with van der Waals surface area (Å²) in [6.45, 7) is 4.07. The molecule has 0 spiro atoms. The number of carbonyl (C=O) groups excluding carboxylic acids is 2. The molecule has 0 saturated heterocycles. The van der Waals surface area contributed by atoms with Crippen LogP contribution in [0, 0.1) is 5.82 Å². The van der Waals surface area contributed by atoms with Gasteiger partial charge in [-0.2, -0.15) is 0 Å². The maximum atomic E-state index is 13.5. The number of hydrogen-bond acceptors (Lipinski definition) is 2. The Kier molecular flexibility index (Phi) is 7.07. The van der Waals surface area contributed by atoms with E-state index in [9.17, 15) is 14.0 Å². The zero-order valence-electron chi connectivity index (χ0n) is 18.8. The number of aromatic nitrogens is 1. The van der Waals surface area contributed by atoms with Crippen molar-refractivity contribution < 1.29 is 14.0 Å². The fraction of sp³-hybridized carbons (Fsp3) is 0.308. The van der Waals surface area contributed by atoms with E-state index in [1.54, 1.807) is 21.9 Å². The van der Waals surface area contributed by atoms with Gasteiger partial charge in [0.15, 0.2) is 0 Å². The largest absolute Gasteiger partial charge is 0.348 e. The van der Waals surface area contributed by atoms with E-state index in [2.05, 4.69) is 9.88 Å². The lowest BCUT2D eigenvalue weighted by atomic mass is 9.99. The van der Waals surface area contributed by atoms with Gasteiger partial charge in [-0.1, -0.05) is 49.4 Å². The van der Waals surface area contributed by atoms with Gasteiger partial charge in [-0.3, -0.25) is 4.79 Å². The topological polar surface area (TPSA) is 57.6 Å². The van der Waals surface area contributed by atoms with Crippen LogP contribution in [0.3, 0.4) is 0 Å². The van der Waals surface area contributed by atoms with E-state index < -0.39 is 0 Å². The second-order valence-electron chi connectivity index (χ2n) is 8.23. The number of amides is 3. The first-order valence-corrected chi connectivity index (χ1v) is 11.3. The van der Waals surface area contributed by atoms with E-state index in [4.69, 9.17) is 0 Å². The summed E-state index contributed by atoms with van der Waals surface area (Å²) in [7, 11) is 0. The first kappa shape index (κ1) is 22.6. The second kappa shape index (κ2) is 10.3. The molecular formula is C26H29FN4O2. The van der Waals surface area contributed by atoms with Gasteiger partial charge in [0.1, 0.15) is 12.4 Å². The third kappa shape index (κ3) is 5.25. The molecule has 0 bridgehead atoms. The fourth-order valence-corrected chi connectivity index (χ4v) is 4.31. The average Bonchev–Trinajstić information content (AvgIpc) is 3.32. The highest BCUT2D eigenvalue weighted by molar-refractivity contribution is 5.84. The predicted molar refractivity (Wildman–Crippen MR) is 125 cm³/mol. The smallest absolute Gasteiger partial charge is 0.318 e. The van der Waals surface area contributed by atoms with E-state index in [1.165, 1.54) is 12.1 Å². The Morgan fingerprint density at radius 1 is 1.03 bits per heavy atom. The lowest BCUT2D eigenvalue weighted by molar-refractivity contribution is -0.134. The molecule has 1 atom stereocenters. The molecule has 0 radical (unpaired) electrons. The lowest BCUT2D eigenvalue weighted by Crippen LogP contribution is -2.50. The Bertz CT molecular complexity index is 1080. The Labute approximate surface area is 193 Å². The van der Waals surface area contributed by atoms with Crippen LogP contribution in [0.15, 0.2) is 72.9 Å². The number of rotatable bonds is 7. The average molecular weight is 449 g/mol. The van der Waals surface area contributed by atoms with E-state index in [-0.39, 0.29) is 30.3 Å². The molecule has 1 unspecified atom stereocenters. The van der Waals surface area contributed by atoms with Crippen LogP contribution in [0.5, 0.6) is 0 Å². The van der Waals surface area contributed by atoms with Crippen molar-refractivity contribution in [1.29, 1.82) is 0 Å². The van der Waals surface area contributed by atoms with Gasteiger partial charge < -0.3 is 19.7 Å². The molecule has 2 aromatic carbocycles. The molecule has 1 aromatic heterocycles. The van der Waals surface area contributed by atoms with Crippen LogP contribution in [0.4, 0.5) is 9.18 Å². The van der Waals surface area contributed by atoms with E-state index in [0.717, 1.165) is 23.2 Å². The summed E-state index contributed by atoms with van der Waals surface area (Å²) in [5.74, 6) is -0.438. The Hall–Kier alpha value is -3.61. The molecule has 7 heteroatoms. The number of urea groups is 1. The van der Waals surface area contributed by atoms with Crippen LogP contribution in [0.25, 0.3) is 0 Å². The maximum Gasteiger partial charge on any atom is 0.318 e. The first-order valence-electron chi connectivity index (χ1n) is 11.3. The van der Waals surface area contributed by atoms with Gasteiger partial charge in [-0.15, -0.1) is 0 Å². The molecule has 33 heavy (non-hydrogen) atoms. The van der Waals surface area contributed by atoms with Crippen LogP contribution >= 0.6 is 0 Å². The van der Waals surface area contributed by atoms with Crippen molar-refractivity contribution in [3.05, 3.63) is 95.6 Å². The number of benzene rings is 2. The summed E-state index contributed by atoms with van der Waals surface area (Å²) in [5.41, 5.74) is 2.83. The highest BCUT2D eigenvalue weighted by Crippen LogP contribution is 2.32. The minimum atomic E-state index is -0.322. The maximum absolute atomic E-state index is 13.5. The van der Waals surface area contributed by atoms with Crippen molar-refractivity contribution in [2.75, 3.05) is 19.6 Å². The van der Waals surface area contributed by atoms with Crippen molar-refractivity contribution in [2.24, 2.45) is 0 Å². The molecule has 1 N–H and O–H groups in total. The number of nitrogens with zero attached hydrogens (tertiary/aromatic N) is 3. The summed E-state index contributed by atoms with van der Waals surface area (Å²) in [6, 6.07) is 19.3. The summed E-state index contributed by atoms with van der Waals surface area (Å²) in [4.78, 5) is 29.7. The van der Waals surface area contributed by atoms with E-state index >= 15 is 0 Å². The van der Waals surface area contributed by atoms with Crippen LogP contribution in [0.2, 0.25) is 0 Å². The predicted octanol–water partition coefficient (Wildman–Crippen LogP) is 4.18. The zero-order chi connectivity index (χ0) is 23.2. The normalized spacial score (nSPS) is 15.1. The van der Waals surface area contributed by atoms with Crippen LogP contribution in [-0.4, -0.2) is 45.9 Å². The van der Waals surface area contributed by atoms with E-state index in [1.807, 2.05) is 55.6 Å². The zero-order valence-corrected chi connectivity index (χ0v) is 18.8. The highest BCUT2D eigenvalue weighted by Gasteiger charge is 2.33. The molecule has 1 aliphatic heterocycles. The Morgan fingerprint density at radius 2 is 1.79 bits per heavy atom. The Balaban J connectivity index is 1.50. The van der Waals surface area contributed by atoms with Gasteiger partial charge in [0.2, 0.25) is 5.91 Å². The number of hydrogen-bond donors (Lipinski definition) is 1. The molecule has 0 saturated carbocycles. The van der Waals surface area contributed by atoms with Gasteiger partial charge in [0.25, 0.3) is 0 Å². The van der Waals surface area contributed by atoms with Crippen LogP contribution in [0.1, 0.15) is 36.2 Å². The van der Waals surface area contributed by atoms with Crippen LogP contribution in [-0.2, 0) is 17.9 Å². The van der Waals surface area contributed by atoms with Crippen LogP contribution < -0.4 is 5.32 Å². The van der Waals surface area contributed by atoms with Gasteiger partial charge in [-0.05, 0) is 41.8 Å². The summed E-state index contributed by atoms with van der Waals surface area (Å²) in [5, 5.41) is 2.92. The third-order valence-electron chi connectivity index (χ3n) is 5.94. The second-order valence-corrected chi connectivity index (χ2v) is 8.23. The monoisotopic (exact) mass is 448 g/mol. The number of halogens is 1. The van der Waals surface area contributed by atoms with Crippen molar-refractivity contribution in [1.82, 2.24) is 19.7 Å². The van der Waals surface area contributed by atoms with Crippen molar-refractivity contribution in [2.45, 2.75) is 32.5 Å². The van der Waals surface area contributed by atoms with E-state index in [0.29, 0.717) is 26.2 Å².